The van der Waals surface area contributed by atoms with Crippen LogP contribution in [0.5, 0.6) is 0 Å². The number of nitrogens with zero attached hydrogens (tertiary/aromatic N) is 1. The van der Waals surface area contributed by atoms with Gasteiger partial charge in [0.2, 0.25) is 17.7 Å². The molecule has 0 radical (unpaired) electrons. The van der Waals surface area contributed by atoms with Crippen LogP contribution in [0.4, 0.5) is 0 Å². The summed E-state index contributed by atoms with van der Waals surface area (Å²) in [6.07, 6.45) is 0.530. The van der Waals surface area contributed by atoms with E-state index in [1.165, 1.54) is 6.92 Å². The summed E-state index contributed by atoms with van der Waals surface area (Å²) in [6, 6.07) is -2.91. The van der Waals surface area contributed by atoms with E-state index in [9.17, 15) is 19.2 Å². The van der Waals surface area contributed by atoms with Gasteiger partial charge in [0.25, 0.3) is 0 Å². The number of aliphatic imine (C=N–C) groups is 1. The van der Waals surface area contributed by atoms with Gasteiger partial charge in [-0.05, 0) is 25.7 Å². The van der Waals surface area contributed by atoms with Gasteiger partial charge in [0, 0.05) is 6.54 Å². The minimum atomic E-state index is -1.21. The number of rotatable bonds is 12. The Labute approximate surface area is 163 Å². The maximum absolute atomic E-state index is 12.3. The van der Waals surface area contributed by atoms with Crippen LogP contribution in [0.25, 0.3) is 0 Å². The molecule has 0 aliphatic rings. The Bertz CT molecular complexity index is 590. The predicted molar refractivity (Wildman–Crippen MR) is 103 cm³/mol. The van der Waals surface area contributed by atoms with Crippen molar-refractivity contribution in [3.05, 3.63) is 0 Å². The molecular weight excluding hydrogens is 370 g/mol. The molecule has 10 N–H and O–H groups in total. The molecule has 0 saturated carbocycles. The maximum Gasteiger partial charge on any atom is 0.325 e. The molecule has 3 amide bonds. The number of carboxylic acid groups (broad SMARTS) is 1. The first-order valence-corrected chi connectivity index (χ1v) is 8.86. The third kappa shape index (κ3) is 10.3. The van der Waals surface area contributed by atoms with E-state index in [1.54, 1.807) is 13.8 Å². The van der Waals surface area contributed by atoms with Crippen LogP contribution in [-0.2, 0) is 19.2 Å². The van der Waals surface area contributed by atoms with Gasteiger partial charge in [0.05, 0.1) is 12.6 Å². The Morgan fingerprint density at radius 2 is 1.64 bits per heavy atom. The summed E-state index contributed by atoms with van der Waals surface area (Å²) < 4.78 is 0. The number of nitrogens with one attached hydrogen (secondary N) is 3. The van der Waals surface area contributed by atoms with Crippen LogP contribution in [0.1, 0.15) is 33.6 Å². The number of hydrogen-bond acceptors (Lipinski definition) is 6. The molecule has 0 aromatic rings. The summed E-state index contributed by atoms with van der Waals surface area (Å²) in [6.45, 7) is 4.70. The fourth-order valence-corrected chi connectivity index (χ4v) is 1.98. The van der Waals surface area contributed by atoms with Gasteiger partial charge in [-0.2, -0.15) is 0 Å². The third-order valence-electron chi connectivity index (χ3n) is 3.77. The zero-order chi connectivity index (χ0) is 21.9. The summed E-state index contributed by atoms with van der Waals surface area (Å²) in [5.41, 5.74) is 16.1. The summed E-state index contributed by atoms with van der Waals surface area (Å²) in [5.74, 6) is -3.19. The van der Waals surface area contributed by atoms with Crippen molar-refractivity contribution in [2.45, 2.75) is 51.7 Å². The van der Waals surface area contributed by atoms with Crippen LogP contribution in [0.2, 0.25) is 0 Å². The second-order valence-electron chi connectivity index (χ2n) is 6.63. The van der Waals surface area contributed by atoms with Gasteiger partial charge < -0.3 is 38.3 Å². The lowest BCUT2D eigenvalue weighted by Gasteiger charge is -2.20. The summed E-state index contributed by atoms with van der Waals surface area (Å²) in [7, 11) is 0. The molecule has 0 aliphatic carbocycles. The lowest BCUT2D eigenvalue weighted by molar-refractivity contribution is -0.141. The van der Waals surface area contributed by atoms with Crippen molar-refractivity contribution >= 4 is 29.7 Å². The molecule has 0 aromatic carbocycles. The van der Waals surface area contributed by atoms with Gasteiger partial charge in [0.15, 0.2) is 5.96 Å². The quantitative estimate of drug-likeness (QED) is 0.103. The molecule has 0 heterocycles. The molecule has 3 unspecified atom stereocenters. The van der Waals surface area contributed by atoms with E-state index in [1.807, 2.05) is 0 Å². The van der Waals surface area contributed by atoms with Crippen LogP contribution >= 0.6 is 0 Å². The first-order chi connectivity index (χ1) is 13.0. The van der Waals surface area contributed by atoms with E-state index in [-0.39, 0.29) is 31.4 Å². The standard InChI is InChI=1S/C16H31N7O5/c1-8(2)12(17)14(26)21-7-11(24)23-10(5-4-6-20-16(18)19)13(25)22-9(3)15(27)28/h8-10,12H,4-7,17H2,1-3H3,(H,21,26)(H,22,25)(H,23,24)(H,27,28)(H4,18,19,20). The minimum Gasteiger partial charge on any atom is -0.480 e. The smallest absolute Gasteiger partial charge is 0.325 e. The molecule has 28 heavy (non-hydrogen) atoms. The summed E-state index contributed by atoms with van der Waals surface area (Å²) in [5, 5.41) is 16.0. The van der Waals surface area contributed by atoms with E-state index >= 15 is 0 Å². The van der Waals surface area contributed by atoms with Gasteiger partial charge in [-0.25, -0.2) is 0 Å². The van der Waals surface area contributed by atoms with Crippen molar-refractivity contribution in [1.82, 2.24) is 16.0 Å². The molecule has 0 aromatic heterocycles. The molecule has 0 spiro atoms. The van der Waals surface area contributed by atoms with Crippen molar-refractivity contribution < 1.29 is 24.3 Å². The number of amides is 3. The number of guanidine groups is 1. The lowest BCUT2D eigenvalue weighted by Crippen LogP contribution is -2.53. The Balaban J connectivity index is 4.82. The van der Waals surface area contributed by atoms with Gasteiger partial charge in [-0.3, -0.25) is 24.2 Å². The summed E-state index contributed by atoms with van der Waals surface area (Å²) in [4.78, 5) is 50.9. The lowest BCUT2D eigenvalue weighted by atomic mass is 10.1. The van der Waals surface area contributed by atoms with Crippen molar-refractivity contribution in [2.75, 3.05) is 13.1 Å². The van der Waals surface area contributed by atoms with Crippen molar-refractivity contribution in [1.29, 1.82) is 0 Å². The van der Waals surface area contributed by atoms with Crippen molar-refractivity contribution in [3.63, 3.8) is 0 Å². The Kier molecular flexibility index (Phi) is 11.2. The first kappa shape index (κ1) is 25.1. The van der Waals surface area contributed by atoms with Gasteiger partial charge in [0.1, 0.15) is 12.1 Å². The number of carbonyl (C=O) groups is 4. The molecule has 0 rings (SSSR count). The van der Waals surface area contributed by atoms with Crippen LogP contribution in [0, 0.1) is 5.92 Å². The largest absolute Gasteiger partial charge is 0.480 e. The highest BCUT2D eigenvalue weighted by molar-refractivity contribution is 5.92. The predicted octanol–water partition coefficient (Wildman–Crippen LogP) is -2.79. The second-order valence-corrected chi connectivity index (χ2v) is 6.63. The van der Waals surface area contributed by atoms with E-state index in [0.29, 0.717) is 6.42 Å². The van der Waals surface area contributed by atoms with E-state index < -0.39 is 41.8 Å². The average Bonchev–Trinajstić information content (AvgIpc) is 2.60. The number of carboxylic acids is 1. The molecule has 3 atom stereocenters. The monoisotopic (exact) mass is 401 g/mol. The highest BCUT2D eigenvalue weighted by Crippen LogP contribution is 2.01. The fourth-order valence-electron chi connectivity index (χ4n) is 1.98. The highest BCUT2D eigenvalue weighted by atomic mass is 16.4. The topological polar surface area (TPSA) is 215 Å². The number of carbonyl (C=O) groups excluding carboxylic acids is 3. The second kappa shape index (κ2) is 12.5. The zero-order valence-corrected chi connectivity index (χ0v) is 16.4. The molecule has 0 aliphatic heterocycles. The molecule has 160 valence electrons. The van der Waals surface area contributed by atoms with Gasteiger partial charge in [-0.1, -0.05) is 13.8 Å². The number of nitrogens with two attached hydrogens (primary N) is 3. The molecule has 0 fully saturated rings. The number of hydrogen-bond donors (Lipinski definition) is 7. The van der Waals surface area contributed by atoms with Gasteiger partial charge >= 0.3 is 5.97 Å². The molecule has 0 bridgehead atoms. The fraction of sp³-hybridized carbons (Fsp3) is 0.688. The minimum absolute atomic E-state index is 0.102. The molecule has 12 heteroatoms. The third-order valence-corrected chi connectivity index (χ3v) is 3.77. The Hall–Kier alpha value is -2.89. The van der Waals surface area contributed by atoms with Crippen molar-refractivity contribution in [3.8, 4) is 0 Å². The van der Waals surface area contributed by atoms with Crippen LogP contribution < -0.4 is 33.2 Å². The molecule has 0 saturated heterocycles. The van der Waals surface area contributed by atoms with Crippen LogP contribution in [0.15, 0.2) is 4.99 Å². The van der Waals surface area contributed by atoms with E-state index in [4.69, 9.17) is 22.3 Å². The first-order valence-electron chi connectivity index (χ1n) is 8.86. The average molecular weight is 401 g/mol. The van der Waals surface area contributed by atoms with Crippen LogP contribution in [0.3, 0.4) is 0 Å². The summed E-state index contributed by atoms with van der Waals surface area (Å²) >= 11 is 0. The van der Waals surface area contributed by atoms with Crippen molar-refractivity contribution in [2.24, 2.45) is 28.1 Å². The van der Waals surface area contributed by atoms with E-state index in [0.717, 1.165) is 0 Å². The van der Waals surface area contributed by atoms with E-state index in [2.05, 4.69) is 20.9 Å². The Morgan fingerprint density at radius 3 is 2.14 bits per heavy atom. The zero-order valence-electron chi connectivity index (χ0n) is 16.4. The highest BCUT2D eigenvalue weighted by Gasteiger charge is 2.24. The normalized spacial score (nSPS) is 13.8. The Morgan fingerprint density at radius 1 is 1.04 bits per heavy atom. The van der Waals surface area contributed by atoms with Gasteiger partial charge in [-0.15, -0.1) is 0 Å². The number of aliphatic carboxylic acids is 1. The molecular formula is C16H31N7O5. The maximum atomic E-state index is 12.3. The molecule has 12 nitrogen and oxygen atoms in total. The van der Waals surface area contributed by atoms with Crippen LogP contribution in [-0.4, -0.2) is 66.0 Å². The SMILES string of the molecule is CC(NC(=O)C(CCCN=C(N)N)NC(=O)CNC(=O)C(N)C(C)C)C(=O)O.